The molecule has 1 amide bonds. The van der Waals surface area contributed by atoms with Gasteiger partial charge >= 0.3 is 0 Å². The van der Waals surface area contributed by atoms with Crippen molar-refractivity contribution in [3.63, 3.8) is 0 Å². The van der Waals surface area contributed by atoms with E-state index < -0.39 is 0 Å². The third-order valence-corrected chi connectivity index (χ3v) is 4.55. The van der Waals surface area contributed by atoms with Crippen LogP contribution in [0.3, 0.4) is 0 Å². The van der Waals surface area contributed by atoms with Crippen LogP contribution in [0.1, 0.15) is 30.6 Å². The molecule has 1 fully saturated rings. The molecule has 3 rings (SSSR count). The minimum absolute atomic E-state index is 0.127. The van der Waals surface area contributed by atoms with Crippen LogP contribution in [0.2, 0.25) is 0 Å². The fourth-order valence-corrected chi connectivity index (χ4v) is 3.29. The highest BCUT2D eigenvalue weighted by Crippen LogP contribution is 2.18. The zero-order valence-electron chi connectivity index (χ0n) is 14.3. The summed E-state index contributed by atoms with van der Waals surface area (Å²) in [4.78, 5) is 14.4. The summed E-state index contributed by atoms with van der Waals surface area (Å²) in [6, 6.07) is 3.95. The predicted octanol–water partition coefficient (Wildman–Crippen LogP) is 1.97. The Hall–Kier alpha value is -2.08. The van der Waals surface area contributed by atoms with Crippen LogP contribution in [0.25, 0.3) is 0 Å². The van der Waals surface area contributed by atoms with Crippen LogP contribution in [-0.2, 0) is 24.8 Å². The summed E-state index contributed by atoms with van der Waals surface area (Å²) in [5, 5.41) is 7.22. The van der Waals surface area contributed by atoms with Gasteiger partial charge in [-0.3, -0.25) is 14.4 Å². The van der Waals surface area contributed by atoms with Crippen LogP contribution in [0.4, 0.5) is 0 Å². The summed E-state index contributed by atoms with van der Waals surface area (Å²) in [7, 11) is 1.89. The van der Waals surface area contributed by atoms with Crippen molar-refractivity contribution >= 4 is 5.91 Å². The molecular weight excluding hydrogens is 304 g/mol. The molecule has 0 spiro atoms. The van der Waals surface area contributed by atoms with Crippen LogP contribution in [0.5, 0.6) is 0 Å². The van der Waals surface area contributed by atoms with E-state index in [4.69, 9.17) is 4.42 Å². The number of aromatic nitrogens is 2. The molecule has 1 N–H and O–H groups in total. The average molecular weight is 330 g/mol. The number of nitrogens with one attached hydrogen (secondary N) is 1. The number of rotatable bonds is 7. The maximum absolute atomic E-state index is 12.0. The molecular formula is C18H26N4O2. The minimum atomic E-state index is 0.127. The Morgan fingerprint density at radius 1 is 1.50 bits per heavy atom. The summed E-state index contributed by atoms with van der Waals surface area (Å²) in [5.74, 6) is 1.66. The maximum atomic E-state index is 12.0. The second-order valence-corrected chi connectivity index (χ2v) is 6.65. The monoisotopic (exact) mass is 330 g/mol. The van der Waals surface area contributed by atoms with Crippen molar-refractivity contribution in [2.24, 2.45) is 13.0 Å². The van der Waals surface area contributed by atoms with Gasteiger partial charge in [0.2, 0.25) is 5.91 Å². The van der Waals surface area contributed by atoms with Crippen molar-refractivity contribution in [1.29, 1.82) is 0 Å². The highest BCUT2D eigenvalue weighted by molar-refractivity contribution is 5.76. The summed E-state index contributed by atoms with van der Waals surface area (Å²) in [5.41, 5.74) is 1.11. The third kappa shape index (κ3) is 4.96. The lowest BCUT2D eigenvalue weighted by Crippen LogP contribution is -2.40. The molecule has 0 bridgehead atoms. The summed E-state index contributed by atoms with van der Waals surface area (Å²) < 4.78 is 7.19. The fourth-order valence-electron chi connectivity index (χ4n) is 3.29. The molecule has 130 valence electrons. The number of nitrogens with zero attached hydrogens (tertiary/aromatic N) is 3. The van der Waals surface area contributed by atoms with Crippen LogP contribution >= 0.6 is 0 Å². The van der Waals surface area contributed by atoms with E-state index >= 15 is 0 Å². The first-order chi connectivity index (χ1) is 11.7. The van der Waals surface area contributed by atoms with Crippen LogP contribution in [-0.4, -0.2) is 40.2 Å². The van der Waals surface area contributed by atoms with E-state index in [9.17, 15) is 4.79 Å². The van der Waals surface area contributed by atoms with Gasteiger partial charge in [0.05, 0.1) is 19.0 Å². The van der Waals surface area contributed by atoms with Gasteiger partial charge in [-0.15, -0.1) is 0 Å². The molecule has 0 saturated carbocycles. The van der Waals surface area contributed by atoms with E-state index in [0.29, 0.717) is 12.3 Å². The van der Waals surface area contributed by atoms with Crippen molar-refractivity contribution < 1.29 is 9.21 Å². The summed E-state index contributed by atoms with van der Waals surface area (Å²) in [6.07, 6.45) is 9.12. The van der Waals surface area contributed by atoms with E-state index in [1.54, 1.807) is 10.9 Å². The molecule has 3 heterocycles. The van der Waals surface area contributed by atoms with Gasteiger partial charge in [0, 0.05) is 32.8 Å². The van der Waals surface area contributed by atoms with E-state index in [0.717, 1.165) is 43.9 Å². The Kier molecular flexibility index (Phi) is 5.69. The lowest BCUT2D eigenvalue weighted by Gasteiger charge is -2.32. The van der Waals surface area contributed by atoms with Gasteiger partial charge in [-0.1, -0.05) is 0 Å². The second-order valence-electron chi connectivity index (χ2n) is 6.65. The molecule has 1 unspecified atom stereocenters. The molecule has 6 heteroatoms. The van der Waals surface area contributed by atoms with Gasteiger partial charge in [-0.2, -0.15) is 5.10 Å². The highest BCUT2D eigenvalue weighted by atomic mass is 16.3. The zero-order valence-corrected chi connectivity index (χ0v) is 14.3. The van der Waals surface area contributed by atoms with E-state index in [2.05, 4.69) is 15.3 Å². The molecule has 2 aromatic heterocycles. The largest absolute Gasteiger partial charge is 0.468 e. The molecule has 0 radical (unpaired) electrons. The van der Waals surface area contributed by atoms with Crippen molar-refractivity contribution in [3.05, 3.63) is 42.1 Å². The lowest BCUT2D eigenvalue weighted by atomic mass is 9.98. The number of likely N-dealkylation sites (tertiary alicyclic amines) is 1. The molecule has 2 aromatic rings. The number of carbonyl (C=O) groups is 1. The molecule has 1 aliphatic rings. The van der Waals surface area contributed by atoms with E-state index in [1.165, 1.54) is 12.8 Å². The van der Waals surface area contributed by atoms with Crippen LogP contribution in [0, 0.1) is 5.92 Å². The van der Waals surface area contributed by atoms with Gasteiger partial charge in [-0.25, -0.2) is 0 Å². The maximum Gasteiger partial charge on any atom is 0.220 e. The number of hydrogen-bond acceptors (Lipinski definition) is 4. The standard InChI is InChI=1S/C18H26N4O2/c1-21-12-16(11-20-21)6-7-18(23)19-10-15-4-2-8-22(13-15)14-17-5-3-9-24-17/h3,5,9,11-12,15H,2,4,6-8,10,13-14H2,1H3,(H,19,23). The zero-order chi connectivity index (χ0) is 16.8. The van der Waals surface area contributed by atoms with Crippen molar-refractivity contribution in [2.75, 3.05) is 19.6 Å². The summed E-state index contributed by atoms with van der Waals surface area (Å²) in [6.45, 7) is 3.74. The van der Waals surface area contributed by atoms with E-state index in [-0.39, 0.29) is 5.91 Å². The minimum Gasteiger partial charge on any atom is -0.468 e. The predicted molar refractivity (Wildman–Crippen MR) is 91.2 cm³/mol. The van der Waals surface area contributed by atoms with Gasteiger partial charge < -0.3 is 9.73 Å². The number of piperidine rings is 1. The number of furan rings is 1. The van der Waals surface area contributed by atoms with Gasteiger partial charge in [-0.05, 0) is 49.4 Å². The van der Waals surface area contributed by atoms with Crippen LogP contribution in [0.15, 0.2) is 35.2 Å². The Bertz CT molecular complexity index is 635. The number of amides is 1. The Morgan fingerprint density at radius 3 is 3.17 bits per heavy atom. The van der Waals surface area contributed by atoms with Crippen molar-refractivity contribution in [2.45, 2.75) is 32.2 Å². The molecule has 0 aromatic carbocycles. The number of aryl methyl sites for hydroxylation is 2. The Labute approximate surface area is 142 Å². The van der Waals surface area contributed by atoms with Crippen molar-refractivity contribution in [3.8, 4) is 0 Å². The number of hydrogen-bond donors (Lipinski definition) is 1. The number of carbonyl (C=O) groups excluding carboxylic acids is 1. The lowest BCUT2D eigenvalue weighted by molar-refractivity contribution is -0.121. The average Bonchev–Trinajstić information content (AvgIpc) is 3.23. The first-order valence-electron chi connectivity index (χ1n) is 8.68. The molecule has 24 heavy (non-hydrogen) atoms. The Morgan fingerprint density at radius 2 is 2.42 bits per heavy atom. The Balaban J connectivity index is 1.36. The van der Waals surface area contributed by atoms with Gasteiger partial charge in [0.15, 0.2) is 0 Å². The molecule has 0 aliphatic carbocycles. The molecule has 6 nitrogen and oxygen atoms in total. The van der Waals surface area contributed by atoms with Crippen molar-refractivity contribution in [1.82, 2.24) is 20.0 Å². The normalized spacial score (nSPS) is 18.6. The van der Waals surface area contributed by atoms with Crippen LogP contribution < -0.4 is 5.32 Å². The first-order valence-corrected chi connectivity index (χ1v) is 8.68. The topological polar surface area (TPSA) is 63.3 Å². The molecule has 1 saturated heterocycles. The SMILES string of the molecule is Cn1cc(CCC(=O)NCC2CCCN(Cc3ccco3)C2)cn1. The highest BCUT2D eigenvalue weighted by Gasteiger charge is 2.21. The molecule has 1 atom stereocenters. The van der Waals surface area contributed by atoms with Gasteiger partial charge in [0.25, 0.3) is 0 Å². The second kappa shape index (κ2) is 8.15. The quantitative estimate of drug-likeness (QED) is 0.843. The summed E-state index contributed by atoms with van der Waals surface area (Å²) >= 11 is 0. The first kappa shape index (κ1) is 16.8. The van der Waals surface area contributed by atoms with Gasteiger partial charge in [0.1, 0.15) is 5.76 Å². The third-order valence-electron chi connectivity index (χ3n) is 4.55. The molecule has 1 aliphatic heterocycles. The van der Waals surface area contributed by atoms with E-state index in [1.807, 2.05) is 31.6 Å². The fraction of sp³-hybridized carbons (Fsp3) is 0.556. The smallest absolute Gasteiger partial charge is 0.220 e.